The zero-order chi connectivity index (χ0) is 6.97. The number of amides is 1. The smallest absolute Gasteiger partial charge is 0.222 e. The third kappa shape index (κ3) is 1.31. The Morgan fingerprint density at radius 3 is 2.60 bits per heavy atom. The van der Waals surface area contributed by atoms with E-state index in [-0.39, 0.29) is 5.91 Å². The van der Waals surface area contributed by atoms with Crippen LogP contribution in [0.3, 0.4) is 0 Å². The Balaban J connectivity index is 1.58. The lowest BCUT2D eigenvalue weighted by molar-refractivity contribution is -0.128. The van der Waals surface area contributed by atoms with Crippen molar-refractivity contribution in [3.63, 3.8) is 0 Å². The molecule has 2 aliphatic rings. The highest BCUT2D eigenvalue weighted by Gasteiger charge is 2.28. The number of β-lactam (4-membered cyclic amide) rings is 1. The van der Waals surface area contributed by atoms with E-state index in [4.69, 9.17) is 0 Å². The monoisotopic (exact) mass is 139 g/mol. The van der Waals surface area contributed by atoms with Crippen molar-refractivity contribution < 1.29 is 4.79 Å². The average Bonchev–Trinajstić information content (AvgIpc) is 2.60. The van der Waals surface area contributed by atoms with E-state index < -0.39 is 0 Å². The van der Waals surface area contributed by atoms with Gasteiger partial charge in [0.05, 0.1) is 0 Å². The second-order valence-corrected chi connectivity index (χ2v) is 3.49. The molecule has 1 saturated carbocycles. The summed E-state index contributed by atoms with van der Waals surface area (Å²) in [7, 11) is 0. The van der Waals surface area contributed by atoms with Gasteiger partial charge in [-0.15, -0.1) is 0 Å². The van der Waals surface area contributed by atoms with E-state index >= 15 is 0 Å². The van der Waals surface area contributed by atoms with Crippen LogP contribution in [-0.2, 0) is 4.79 Å². The molecule has 1 N–H and O–H groups in total. The van der Waals surface area contributed by atoms with Crippen LogP contribution < -0.4 is 5.32 Å². The fraction of sp³-hybridized carbons (Fsp3) is 0.875. The van der Waals surface area contributed by atoms with Gasteiger partial charge in [0.1, 0.15) is 0 Å². The molecule has 2 fully saturated rings. The lowest BCUT2D eigenvalue weighted by Gasteiger charge is -2.26. The first-order valence-corrected chi connectivity index (χ1v) is 4.14. The molecule has 1 heterocycles. The minimum Gasteiger partial charge on any atom is -0.353 e. The van der Waals surface area contributed by atoms with E-state index in [0.29, 0.717) is 6.04 Å². The van der Waals surface area contributed by atoms with Crippen molar-refractivity contribution in [2.24, 2.45) is 5.92 Å². The first kappa shape index (κ1) is 6.20. The Kier molecular flexibility index (Phi) is 1.40. The molecule has 0 aromatic heterocycles. The standard InChI is InChI=1S/C8H13NO/c10-8-5-7(9-8)4-3-6-1-2-6/h6-7H,1-5H2,(H,9,10). The summed E-state index contributed by atoms with van der Waals surface area (Å²) in [5.74, 6) is 1.25. The van der Waals surface area contributed by atoms with Crippen LogP contribution in [0.25, 0.3) is 0 Å². The molecule has 0 spiro atoms. The Labute approximate surface area is 61.0 Å². The van der Waals surface area contributed by atoms with Gasteiger partial charge in [0.25, 0.3) is 0 Å². The highest BCUT2D eigenvalue weighted by Crippen LogP contribution is 2.34. The molecule has 1 aliphatic heterocycles. The maximum atomic E-state index is 10.5. The molecule has 2 rings (SSSR count). The summed E-state index contributed by atoms with van der Waals surface area (Å²) < 4.78 is 0. The third-order valence-corrected chi connectivity index (χ3v) is 2.42. The van der Waals surface area contributed by atoms with Crippen molar-refractivity contribution >= 4 is 5.91 Å². The van der Waals surface area contributed by atoms with Gasteiger partial charge in [-0.25, -0.2) is 0 Å². The fourth-order valence-electron chi connectivity index (χ4n) is 1.45. The lowest BCUT2D eigenvalue weighted by Crippen LogP contribution is -2.48. The summed E-state index contributed by atoms with van der Waals surface area (Å²) in [5, 5.41) is 2.89. The van der Waals surface area contributed by atoms with Gasteiger partial charge in [-0.1, -0.05) is 12.8 Å². The zero-order valence-electron chi connectivity index (χ0n) is 6.10. The largest absolute Gasteiger partial charge is 0.353 e. The lowest BCUT2D eigenvalue weighted by atomic mass is 9.99. The predicted molar refractivity (Wildman–Crippen MR) is 38.5 cm³/mol. The molecule has 0 radical (unpaired) electrons. The first-order chi connectivity index (χ1) is 4.84. The molecule has 2 nitrogen and oxygen atoms in total. The molecule has 1 saturated heterocycles. The predicted octanol–water partition coefficient (Wildman–Crippen LogP) is 1.07. The van der Waals surface area contributed by atoms with Gasteiger partial charge in [-0.05, 0) is 18.8 Å². The second kappa shape index (κ2) is 2.26. The van der Waals surface area contributed by atoms with Crippen LogP contribution in [0.15, 0.2) is 0 Å². The number of hydrogen-bond donors (Lipinski definition) is 1. The Hall–Kier alpha value is -0.530. The van der Waals surface area contributed by atoms with Crippen LogP contribution in [0.2, 0.25) is 0 Å². The summed E-state index contributed by atoms with van der Waals surface area (Å²) in [6.45, 7) is 0. The number of carbonyl (C=O) groups is 1. The van der Waals surface area contributed by atoms with Crippen molar-refractivity contribution in [3.05, 3.63) is 0 Å². The van der Waals surface area contributed by atoms with Gasteiger partial charge in [0.2, 0.25) is 5.91 Å². The van der Waals surface area contributed by atoms with E-state index in [1.54, 1.807) is 0 Å². The molecule has 10 heavy (non-hydrogen) atoms. The Morgan fingerprint density at radius 1 is 1.40 bits per heavy atom. The van der Waals surface area contributed by atoms with Crippen LogP contribution in [-0.4, -0.2) is 11.9 Å². The quantitative estimate of drug-likeness (QED) is 0.582. The average molecular weight is 139 g/mol. The van der Waals surface area contributed by atoms with E-state index in [1.165, 1.54) is 25.7 Å². The summed E-state index contributed by atoms with van der Waals surface area (Å²) in [4.78, 5) is 10.5. The van der Waals surface area contributed by atoms with E-state index in [2.05, 4.69) is 5.32 Å². The maximum Gasteiger partial charge on any atom is 0.222 e. The molecule has 0 aromatic carbocycles. The van der Waals surface area contributed by atoms with E-state index in [0.717, 1.165) is 12.3 Å². The molecule has 0 bridgehead atoms. The van der Waals surface area contributed by atoms with Crippen molar-refractivity contribution in [2.75, 3.05) is 0 Å². The van der Waals surface area contributed by atoms with Crippen molar-refractivity contribution in [3.8, 4) is 0 Å². The molecule has 1 unspecified atom stereocenters. The van der Waals surface area contributed by atoms with Crippen molar-refractivity contribution in [2.45, 2.75) is 38.1 Å². The van der Waals surface area contributed by atoms with Gasteiger partial charge < -0.3 is 5.32 Å². The van der Waals surface area contributed by atoms with Gasteiger partial charge in [-0.2, -0.15) is 0 Å². The first-order valence-electron chi connectivity index (χ1n) is 4.14. The summed E-state index contributed by atoms with van der Waals surface area (Å²) in [5.41, 5.74) is 0. The summed E-state index contributed by atoms with van der Waals surface area (Å²) in [6.07, 6.45) is 6.20. The fourth-order valence-corrected chi connectivity index (χ4v) is 1.45. The third-order valence-electron chi connectivity index (χ3n) is 2.42. The van der Waals surface area contributed by atoms with E-state index in [9.17, 15) is 4.79 Å². The van der Waals surface area contributed by atoms with Gasteiger partial charge in [-0.3, -0.25) is 4.79 Å². The topological polar surface area (TPSA) is 29.1 Å². The zero-order valence-corrected chi connectivity index (χ0v) is 6.10. The van der Waals surface area contributed by atoms with Crippen LogP contribution in [0.5, 0.6) is 0 Å². The van der Waals surface area contributed by atoms with Crippen molar-refractivity contribution in [1.29, 1.82) is 0 Å². The number of nitrogens with one attached hydrogen (secondary N) is 1. The Morgan fingerprint density at radius 2 is 2.10 bits per heavy atom. The van der Waals surface area contributed by atoms with Gasteiger partial charge in [0, 0.05) is 12.5 Å². The SMILES string of the molecule is O=C1CC(CCC2CC2)N1. The highest BCUT2D eigenvalue weighted by molar-refractivity contribution is 5.82. The Bertz CT molecular complexity index is 143. The summed E-state index contributed by atoms with van der Waals surface area (Å²) >= 11 is 0. The number of hydrogen-bond acceptors (Lipinski definition) is 1. The molecular formula is C8H13NO. The minimum atomic E-state index is 0.237. The maximum absolute atomic E-state index is 10.5. The number of rotatable bonds is 3. The minimum absolute atomic E-state index is 0.237. The molecular weight excluding hydrogens is 126 g/mol. The normalized spacial score (nSPS) is 31.2. The van der Waals surface area contributed by atoms with E-state index in [1.807, 2.05) is 0 Å². The van der Waals surface area contributed by atoms with Gasteiger partial charge in [0.15, 0.2) is 0 Å². The molecule has 2 heteroatoms. The highest BCUT2D eigenvalue weighted by atomic mass is 16.2. The van der Waals surface area contributed by atoms with Crippen molar-refractivity contribution in [1.82, 2.24) is 5.32 Å². The van der Waals surface area contributed by atoms with Gasteiger partial charge >= 0.3 is 0 Å². The second-order valence-electron chi connectivity index (χ2n) is 3.49. The summed E-state index contributed by atoms with van der Waals surface area (Å²) in [6, 6.07) is 0.535. The molecule has 56 valence electrons. The van der Waals surface area contributed by atoms with Crippen LogP contribution in [0.4, 0.5) is 0 Å². The number of carbonyl (C=O) groups excluding carboxylic acids is 1. The molecule has 1 amide bonds. The van der Waals surface area contributed by atoms with Crippen LogP contribution in [0.1, 0.15) is 32.1 Å². The van der Waals surface area contributed by atoms with Crippen LogP contribution >= 0.6 is 0 Å². The van der Waals surface area contributed by atoms with Crippen LogP contribution in [0, 0.1) is 5.92 Å². The molecule has 1 atom stereocenters. The molecule has 0 aromatic rings. The molecule has 1 aliphatic carbocycles.